The zero-order chi connectivity index (χ0) is 15.4. The Morgan fingerprint density at radius 2 is 1.95 bits per heavy atom. The summed E-state index contributed by atoms with van der Waals surface area (Å²) in [6.45, 7) is 0.185. The predicted molar refractivity (Wildman–Crippen MR) is 78.5 cm³/mol. The molecule has 0 aliphatic carbocycles. The van der Waals surface area contributed by atoms with Crippen LogP contribution in [0.25, 0.3) is 11.3 Å². The van der Waals surface area contributed by atoms with Crippen LogP contribution in [0, 0.1) is 5.21 Å². The number of rotatable bonds is 4. The number of carbonyl (C=O) groups is 1. The highest BCUT2D eigenvalue weighted by Crippen LogP contribution is 2.19. The fraction of sp³-hybridized carbons (Fsp3) is 0.0625. The topological polar surface area (TPSA) is 82.1 Å². The van der Waals surface area contributed by atoms with Crippen molar-refractivity contribution < 1.29 is 14.0 Å². The second-order valence-corrected chi connectivity index (χ2v) is 4.64. The molecule has 0 aliphatic heterocycles. The minimum Gasteiger partial charge on any atom is -0.618 e. The molecule has 0 aliphatic rings. The van der Waals surface area contributed by atoms with Gasteiger partial charge >= 0.3 is 5.91 Å². The number of aromatic nitrogens is 2. The van der Waals surface area contributed by atoms with Crippen LogP contribution < -0.4 is 10.0 Å². The number of hydrogen-bond donors (Lipinski definition) is 1. The fourth-order valence-corrected chi connectivity index (χ4v) is 2.00. The molecule has 1 N–H and O–H groups in total. The van der Waals surface area contributed by atoms with Gasteiger partial charge in [-0.2, -0.15) is 4.73 Å². The molecule has 110 valence electrons. The van der Waals surface area contributed by atoms with Crippen LogP contribution in [-0.4, -0.2) is 11.1 Å². The molecule has 22 heavy (non-hydrogen) atoms. The highest BCUT2D eigenvalue weighted by atomic mass is 16.5. The molecule has 3 aromatic rings. The highest BCUT2D eigenvalue weighted by molar-refractivity contribution is 5.90. The van der Waals surface area contributed by atoms with Crippen molar-refractivity contribution in [1.82, 2.24) is 10.5 Å². The van der Waals surface area contributed by atoms with Crippen molar-refractivity contribution in [2.75, 3.05) is 0 Å². The summed E-state index contributed by atoms with van der Waals surface area (Å²) in [5, 5.41) is 18.0. The fourth-order valence-electron chi connectivity index (χ4n) is 2.00. The molecule has 0 saturated carbocycles. The number of nitrogens with one attached hydrogen (secondary N) is 1. The largest absolute Gasteiger partial charge is 0.618 e. The maximum absolute atomic E-state index is 11.9. The normalized spacial score (nSPS) is 10.4. The van der Waals surface area contributed by atoms with E-state index < -0.39 is 5.91 Å². The Hall–Kier alpha value is -3.15. The third kappa shape index (κ3) is 2.95. The Labute approximate surface area is 126 Å². The summed E-state index contributed by atoms with van der Waals surface area (Å²) < 4.78 is 5.77. The molecule has 0 unspecified atom stereocenters. The van der Waals surface area contributed by atoms with Crippen molar-refractivity contribution in [2.45, 2.75) is 6.54 Å². The Morgan fingerprint density at radius 1 is 1.18 bits per heavy atom. The molecule has 1 amide bonds. The van der Waals surface area contributed by atoms with Gasteiger partial charge in [-0.1, -0.05) is 35.5 Å². The van der Waals surface area contributed by atoms with Crippen molar-refractivity contribution in [3.05, 3.63) is 77.4 Å². The summed E-state index contributed by atoms with van der Waals surface area (Å²) in [5.41, 5.74) is 1.53. The second kappa shape index (κ2) is 6.09. The monoisotopic (exact) mass is 295 g/mol. The molecule has 1 aromatic carbocycles. The van der Waals surface area contributed by atoms with E-state index >= 15 is 0 Å². The zero-order valence-electron chi connectivity index (χ0n) is 11.6. The number of hydrogen-bond acceptors (Lipinski definition) is 4. The number of carbonyl (C=O) groups excluding carboxylic acids is 1. The van der Waals surface area contributed by atoms with Gasteiger partial charge in [0.05, 0.1) is 6.54 Å². The number of benzene rings is 1. The molecule has 6 heteroatoms. The van der Waals surface area contributed by atoms with E-state index in [-0.39, 0.29) is 12.2 Å². The average Bonchev–Trinajstić information content (AvgIpc) is 3.03. The third-order valence-corrected chi connectivity index (χ3v) is 3.10. The van der Waals surface area contributed by atoms with Crippen LogP contribution in [0.1, 0.15) is 16.2 Å². The van der Waals surface area contributed by atoms with E-state index in [9.17, 15) is 10.0 Å². The standard InChI is InChI=1S/C16H13N3O3/c20-16(14-8-4-5-9-19(14)21)17-11-13-10-15(22-18-13)12-6-2-1-3-7-12/h1-10H,11H2,(H,17,20). The van der Waals surface area contributed by atoms with Gasteiger partial charge in [-0.05, 0) is 6.07 Å². The van der Waals surface area contributed by atoms with Crippen molar-refractivity contribution >= 4 is 5.91 Å². The number of nitrogens with zero attached hydrogens (tertiary/aromatic N) is 2. The van der Waals surface area contributed by atoms with E-state index in [1.165, 1.54) is 12.3 Å². The lowest BCUT2D eigenvalue weighted by atomic mass is 10.2. The molecule has 0 bridgehead atoms. The molecule has 2 aromatic heterocycles. The minimum atomic E-state index is -0.458. The zero-order valence-corrected chi connectivity index (χ0v) is 11.6. The Bertz CT molecular complexity index is 784. The van der Waals surface area contributed by atoms with Crippen LogP contribution in [0.3, 0.4) is 0 Å². The summed E-state index contributed by atoms with van der Waals surface area (Å²) in [4.78, 5) is 11.9. The first-order valence-electron chi connectivity index (χ1n) is 6.71. The van der Waals surface area contributed by atoms with E-state index in [1.54, 1.807) is 18.2 Å². The third-order valence-electron chi connectivity index (χ3n) is 3.10. The summed E-state index contributed by atoms with van der Waals surface area (Å²) in [5.74, 6) is 0.170. The molecule has 0 radical (unpaired) electrons. The van der Waals surface area contributed by atoms with Crippen molar-refractivity contribution in [1.29, 1.82) is 0 Å². The summed E-state index contributed by atoms with van der Waals surface area (Å²) >= 11 is 0. The lowest BCUT2D eigenvalue weighted by Gasteiger charge is -2.03. The first kappa shape index (κ1) is 13.8. The Kier molecular flexibility index (Phi) is 3.82. The number of pyridine rings is 1. The van der Waals surface area contributed by atoms with E-state index in [0.717, 1.165) is 5.56 Å². The van der Waals surface area contributed by atoms with Gasteiger partial charge in [-0.15, -0.1) is 0 Å². The molecule has 6 nitrogen and oxygen atoms in total. The minimum absolute atomic E-state index is 0.0364. The molecule has 3 rings (SSSR count). The van der Waals surface area contributed by atoms with Crippen molar-refractivity contribution in [3.63, 3.8) is 0 Å². The van der Waals surface area contributed by atoms with E-state index in [1.807, 2.05) is 30.3 Å². The quantitative estimate of drug-likeness (QED) is 0.588. The van der Waals surface area contributed by atoms with Crippen LogP contribution in [0.2, 0.25) is 0 Å². The Balaban J connectivity index is 1.67. The highest BCUT2D eigenvalue weighted by Gasteiger charge is 2.15. The average molecular weight is 295 g/mol. The van der Waals surface area contributed by atoms with Gasteiger partial charge in [-0.25, -0.2) is 0 Å². The van der Waals surface area contributed by atoms with Crippen LogP contribution in [0.15, 0.2) is 65.3 Å². The van der Waals surface area contributed by atoms with Gasteiger partial charge in [0.1, 0.15) is 5.69 Å². The lowest BCUT2D eigenvalue weighted by Crippen LogP contribution is -2.38. The molecule has 0 fully saturated rings. The summed E-state index contributed by atoms with van der Waals surface area (Å²) in [7, 11) is 0. The van der Waals surface area contributed by atoms with Crippen LogP contribution >= 0.6 is 0 Å². The smallest absolute Gasteiger partial charge is 0.317 e. The first-order valence-corrected chi connectivity index (χ1v) is 6.71. The summed E-state index contributed by atoms with van der Waals surface area (Å²) in [6, 6.07) is 16.0. The molecule has 0 spiro atoms. The molecule has 0 saturated heterocycles. The summed E-state index contributed by atoms with van der Waals surface area (Å²) in [6.07, 6.45) is 1.28. The van der Waals surface area contributed by atoms with Gasteiger partial charge in [0.2, 0.25) is 0 Å². The number of amides is 1. The van der Waals surface area contributed by atoms with E-state index in [2.05, 4.69) is 10.5 Å². The van der Waals surface area contributed by atoms with Crippen LogP contribution in [0.4, 0.5) is 0 Å². The van der Waals surface area contributed by atoms with Gasteiger partial charge in [0.25, 0.3) is 5.69 Å². The maximum atomic E-state index is 11.9. The first-order chi connectivity index (χ1) is 10.7. The Morgan fingerprint density at radius 3 is 2.73 bits per heavy atom. The SMILES string of the molecule is O=C(NCc1cc(-c2ccccc2)on1)c1cccc[n+]1[O-]. The second-order valence-electron chi connectivity index (χ2n) is 4.64. The van der Waals surface area contributed by atoms with Crippen molar-refractivity contribution in [3.8, 4) is 11.3 Å². The van der Waals surface area contributed by atoms with Gasteiger partial charge in [0.15, 0.2) is 12.0 Å². The molecular formula is C16H13N3O3. The van der Waals surface area contributed by atoms with E-state index in [4.69, 9.17) is 4.52 Å². The molecular weight excluding hydrogens is 282 g/mol. The van der Waals surface area contributed by atoms with Crippen LogP contribution in [0.5, 0.6) is 0 Å². The van der Waals surface area contributed by atoms with Crippen molar-refractivity contribution in [2.24, 2.45) is 0 Å². The molecule has 0 atom stereocenters. The molecule has 2 heterocycles. The predicted octanol–water partition coefficient (Wildman–Crippen LogP) is 1.91. The maximum Gasteiger partial charge on any atom is 0.317 e. The van der Waals surface area contributed by atoms with Gasteiger partial charge < -0.3 is 15.0 Å². The van der Waals surface area contributed by atoms with Crippen LogP contribution in [-0.2, 0) is 6.54 Å². The van der Waals surface area contributed by atoms with Gasteiger partial charge in [-0.3, -0.25) is 4.79 Å². The lowest BCUT2D eigenvalue weighted by molar-refractivity contribution is -0.607. The van der Waals surface area contributed by atoms with Gasteiger partial charge in [0, 0.05) is 23.8 Å². The van der Waals surface area contributed by atoms with E-state index in [0.29, 0.717) is 16.2 Å².